The Labute approximate surface area is 91.7 Å². The van der Waals surface area contributed by atoms with Crippen molar-refractivity contribution in [1.82, 2.24) is 0 Å². The van der Waals surface area contributed by atoms with Gasteiger partial charge in [0.2, 0.25) is 0 Å². The minimum atomic E-state index is -0.195. The molecule has 1 saturated heterocycles. The zero-order valence-corrected chi connectivity index (χ0v) is 9.83. The quantitative estimate of drug-likeness (QED) is 0.649. The zero-order chi connectivity index (χ0) is 11.1. The molecule has 15 heavy (non-hydrogen) atoms. The topological polar surface area (TPSA) is 18.5 Å². The van der Waals surface area contributed by atoms with E-state index in [0.29, 0.717) is 6.61 Å². The molecule has 2 rings (SSSR count). The summed E-state index contributed by atoms with van der Waals surface area (Å²) in [5.41, 5.74) is 3.53. The third-order valence-corrected chi connectivity index (χ3v) is 2.81. The minimum Gasteiger partial charge on any atom is -0.404 e. The second-order valence-corrected chi connectivity index (χ2v) is 4.86. The summed E-state index contributed by atoms with van der Waals surface area (Å²) in [7, 11) is -0.195. The van der Waals surface area contributed by atoms with Crippen LogP contribution in [0.15, 0.2) is 18.2 Å². The molecule has 1 aliphatic rings. The maximum absolute atomic E-state index is 5.81. The molecule has 0 aromatic heterocycles. The lowest BCUT2D eigenvalue weighted by atomic mass is 9.78. The summed E-state index contributed by atoms with van der Waals surface area (Å²) in [4.78, 5) is 0. The summed E-state index contributed by atoms with van der Waals surface area (Å²) < 4.78 is 11.4. The molecule has 1 heterocycles. The van der Waals surface area contributed by atoms with Crippen molar-refractivity contribution < 1.29 is 9.31 Å². The predicted molar refractivity (Wildman–Crippen MR) is 62.4 cm³/mol. The van der Waals surface area contributed by atoms with Crippen molar-refractivity contribution in [1.29, 1.82) is 0 Å². The molecule has 3 heteroatoms. The molecule has 1 aromatic rings. The van der Waals surface area contributed by atoms with Crippen molar-refractivity contribution >= 4 is 12.6 Å². The van der Waals surface area contributed by atoms with E-state index in [1.807, 2.05) is 13.8 Å². The average Bonchev–Trinajstić information content (AvgIpc) is 2.51. The molecule has 1 aromatic carbocycles. The summed E-state index contributed by atoms with van der Waals surface area (Å²) in [6.07, 6.45) is 0. The van der Waals surface area contributed by atoms with Gasteiger partial charge in [0.1, 0.15) is 0 Å². The van der Waals surface area contributed by atoms with E-state index in [4.69, 9.17) is 9.31 Å². The van der Waals surface area contributed by atoms with E-state index in [-0.39, 0.29) is 12.7 Å². The van der Waals surface area contributed by atoms with Crippen LogP contribution in [-0.4, -0.2) is 19.3 Å². The molecule has 0 atom stereocenters. The van der Waals surface area contributed by atoms with E-state index in [9.17, 15) is 0 Å². The minimum absolute atomic E-state index is 0.163. The Morgan fingerprint density at radius 1 is 1.20 bits per heavy atom. The molecular weight excluding hydrogens is 187 g/mol. The maximum atomic E-state index is 5.81. The fourth-order valence-corrected chi connectivity index (χ4v) is 1.71. The molecular formula is C12H17BO2. The number of hydrogen-bond donors (Lipinski definition) is 0. The van der Waals surface area contributed by atoms with Gasteiger partial charge in [0.05, 0.1) is 12.2 Å². The van der Waals surface area contributed by atoms with Gasteiger partial charge in [-0.05, 0) is 44.3 Å². The van der Waals surface area contributed by atoms with Crippen LogP contribution in [0, 0.1) is 13.8 Å². The molecule has 0 N–H and O–H groups in total. The molecule has 1 fully saturated rings. The normalized spacial score (nSPS) is 19.6. The van der Waals surface area contributed by atoms with Crippen LogP contribution in [0.25, 0.3) is 0 Å². The van der Waals surface area contributed by atoms with Crippen molar-refractivity contribution in [3.05, 3.63) is 29.3 Å². The lowest BCUT2D eigenvalue weighted by molar-refractivity contribution is 0.137. The van der Waals surface area contributed by atoms with Crippen molar-refractivity contribution in [2.45, 2.75) is 33.3 Å². The van der Waals surface area contributed by atoms with E-state index in [1.54, 1.807) is 0 Å². The zero-order valence-electron chi connectivity index (χ0n) is 9.83. The summed E-state index contributed by atoms with van der Waals surface area (Å²) in [6, 6.07) is 6.33. The fraction of sp³-hybridized carbons (Fsp3) is 0.500. The van der Waals surface area contributed by atoms with Gasteiger partial charge in [-0.2, -0.15) is 0 Å². The Balaban J connectivity index is 2.21. The standard InChI is InChI=1S/C12H17BO2/c1-9-5-6-11(7-10(9)2)13-14-8-12(3,4)15-13/h5-7H,8H2,1-4H3. The van der Waals surface area contributed by atoms with Gasteiger partial charge in [0.25, 0.3) is 0 Å². The van der Waals surface area contributed by atoms with Crippen LogP contribution in [0.5, 0.6) is 0 Å². The van der Waals surface area contributed by atoms with Gasteiger partial charge in [-0.3, -0.25) is 0 Å². The van der Waals surface area contributed by atoms with Crippen LogP contribution in [0.1, 0.15) is 25.0 Å². The molecule has 0 spiro atoms. The van der Waals surface area contributed by atoms with Gasteiger partial charge < -0.3 is 9.31 Å². The lowest BCUT2D eigenvalue weighted by Crippen LogP contribution is -2.34. The molecule has 0 radical (unpaired) electrons. The van der Waals surface area contributed by atoms with E-state index in [0.717, 1.165) is 5.46 Å². The van der Waals surface area contributed by atoms with Gasteiger partial charge in [-0.15, -0.1) is 0 Å². The van der Waals surface area contributed by atoms with Gasteiger partial charge >= 0.3 is 7.12 Å². The Kier molecular flexibility index (Phi) is 2.61. The number of rotatable bonds is 1. The largest absolute Gasteiger partial charge is 0.494 e. The molecule has 0 unspecified atom stereocenters. The average molecular weight is 204 g/mol. The van der Waals surface area contributed by atoms with Crippen molar-refractivity contribution in [2.75, 3.05) is 6.61 Å². The monoisotopic (exact) mass is 204 g/mol. The Morgan fingerprint density at radius 3 is 2.47 bits per heavy atom. The Hall–Kier alpha value is -0.795. The molecule has 80 valence electrons. The van der Waals surface area contributed by atoms with Crippen LogP contribution in [0.4, 0.5) is 0 Å². The van der Waals surface area contributed by atoms with E-state index in [1.165, 1.54) is 11.1 Å². The first-order valence-corrected chi connectivity index (χ1v) is 5.34. The Bertz CT molecular complexity index is 374. The highest BCUT2D eigenvalue weighted by molar-refractivity contribution is 6.61. The highest BCUT2D eigenvalue weighted by Gasteiger charge is 2.38. The lowest BCUT2D eigenvalue weighted by Gasteiger charge is -2.15. The number of benzene rings is 1. The molecule has 0 aliphatic carbocycles. The van der Waals surface area contributed by atoms with E-state index >= 15 is 0 Å². The SMILES string of the molecule is Cc1ccc(B2OCC(C)(C)O2)cc1C. The van der Waals surface area contributed by atoms with Crippen LogP contribution in [0.3, 0.4) is 0 Å². The van der Waals surface area contributed by atoms with Crippen molar-refractivity contribution in [2.24, 2.45) is 0 Å². The summed E-state index contributed by atoms with van der Waals surface area (Å²) in [6.45, 7) is 8.98. The first-order valence-electron chi connectivity index (χ1n) is 5.34. The van der Waals surface area contributed by atoms with Crippen molar-refractivity contribution in [3.63, 3.8) is 0 Å². The molecule has 2 nitrogen and oxygen atoms in total. The van der Waals surface area contributed by atoms with Crippen LogP contribution < -0.4 is 5.46 Å². The molecule has 0 bridgehead atoms. The fourth-order valence-electron chi connectivity index (χ4n) is 1.71. The summed E-state index contributed by atoms with van der Waals surface area (Å²) in [5.74, 6) is 0. The molecule has 1 aliphatic heterocycles. The van der Waals surface area contributed by atoms with Gasteiger partial charge in [0, 0.05) is 0 Å². The molecule has 0 saturated carbocycles. The highest BCUT2D eigenvalue weighted by atomic mass is 16.7. The third kappa shape index (κ3) is 2.24. The van der Waals surface area contributed by atoms with Crippen LogP contribution in [-0.2, 0) is 9.31 Å². The predicted octanol–water partition coefficient (Wildman–Crippen LogP) is 1.82. The first-order chi connectivity index (χ1) is 6.98. The number of aryl methyl sites for hydroxylation is 2. The second-order valence-electron chi connectivity index (χ2n) is 4.86. The third-order valence-electron chi connectivity index (χ3n) is 2.81. The smallest absolute Gasteiger partial charge is 0.404 e. The maximum Gasteiger partial charge on any atom is 0.494 e. The van der Waals surface area contributed by atoms with Gasteiger partial charge in [-0.25, -0.2) is 0 Å². The summed E-state index contributed by atoms with van der Waals surface area (Å²) in [5, 5.41) is 0. The van der Waals surface area contributed by atoms with Crippen LogP contribution in [0.2, 0.25) is 0 Å². The van der Waals surface area contributed by atoms with E-state index in [2.05, 4.69) is 32.0 Å². The van der Waals surface area contributed by atoms with E-state index < -0.39 is 0 Å². The Morgan fingerprint density at radius 2 is 1.93 bits per heavy atom. The highest BCUT2D eigenvalue weighted by Crippen LogP contribution is 2.19. The first kappa shape index (κ1) is 10.7. The number of hydrogen-bond acceptors (Lipinski definition) is 2. The summed E-state index contributed by atoms with van der Waals surface area (Å²) >= 11 is 0. The molecule has 0 amide bonds. The van der Waals surface area contributed by atoms with Crippen molar-refractivity contribution in [3.8, 4) is 0 Å². The van der Waals surface area contributed by atoms with Gasteiger partial charge in [0.15, 0.2) is 0 Å². The van der Waals surface area contributed by atoms with Gasteiger partial charge in [-0.1, -0.05) is 18.2 Å². The second kappa shape index (κ2) is 3.65. The van der Waals surface area contributed by atoms with Crippen LogP contribution >= 0.6 is 0 Å².